The summed E-state index contributed by atoms with van der Waals surface area (Å²) in [6.07, 6.45) is 7.03. The summed E-state index contributed by atoms with van der Waals surface area (Å²) >= 11 is 0. The molecule has 0 aliphatic heterocycles. The monoisotopic (exact) mass is 466 g/mol. The number of rotatable bonds is 6. The van der Waals surface area contributed by atoms with Gasteiger partial charge < -0.3 is 20.4 Å². The normalized spacial score (nSPS) is 12.0. The van der Waals surface area contributed by atoms with Crippen molar-refractivity contribution in [2.45, 2.75) is 13.0 Å². The Labute approximate surface area is 203 Å². The van der Waals surface area contributed by atoms with Crippen LogP contribution in [0.15, 0.2) is 79.4 Å². The Morgan fingerprint density at radius 3 is 2.71 bits per heavy atom. The van der Waals surface area contributed by atoms with Gasteiger partial charge in [-0.3, -0.25) is 9.48 Å². The van der Waals surface area contributed by atoms with Crippen LogP contribution < -0.4 is 15.8 Å². The maximum atomic E-state index is 12.9. The first kappa shape index (κ1) is 22.2. The van der Waals surface area contributed by atoms with Gasteiger partial charge in [0.1, 0.15) is 6.10 Å². The van der Waals surface area contributed by atoms with E-state index in [1.54, 1.807) is 17.1 Å². The Bertz CT molecular complexity index is 1530. The van der Waals surface area contributed by atoms with Crippen LogP contribution in [0.2, 0.25) is 0 Å². The molecule has 0 aliphatic carbocycles. The zero-order valence-electron chi connectivity index (χ0n) is 19.8. The molecule has 5 rings (SSSR count). The highest BCUT2D eigenvalue weighted by molar-refractivity contribution is 6.06. The van der Waals surface area contributed by atoms with E-state index in [4.69, 9.17) is 10.5 Å². The number of nitrogens with two attached hydrogens (primary N) is 1. The molecule has 1 amide bonds. The van der Waals surface area contributed by atoms with Crippen LogP contribution in [0.1, 0.15) is 28.9 Å². The molecule has 0 saturated heterocycles. The summed E-state index contributed by atoms with van der Waals surface area (Å²) in [5.41, 5.74) is 11.1. The highest BCUT2D eigenvalue weighted by Crippen LogP contribution is 2.31. The van der Waals surface area contributed by atoms with Crippen LogP contribution in [0.5, 0.6) is 5.75 Å². The number of anilines is 2. The first-order valence-electron chi connectivity index (χ1n) is 11.2. The third-order valence-corrected chi connectivity index (χ3v) is 5.99. The lowest BCUT2D eigenvalue weighted by Crippen LogP contribution is -2.13. The number of ether oxygens (including phenoxy) is 1. The number of hydrogen-bond donors (Lipinski definition) is 2. The molecule has 0 saturated carbocycles. The van der Waals surface area contributed by atoms with Crippen molar-refractivity contribution in [2.24, 2.45) is 14.1 Å². The molecule has 0 spiro atoms. The Morgan fingerprint density at radius 2 is 1.91 bits per heavy atom. The van der Waals surface area contributed by atoms with Gasteiger partial charge in [0, 0.05) is 60.6 Å². The number of benzene rings is 2. The minimum atomic E-state index is -0.320. The van der Waals surface area contributed by atoms with Crippen LogP contribution in [0, 0.1) is 0 Å². The quantitative estimate of drug-likeness (QED) is 0.369. The number of amides is 1. The Hall–Kier alpha value is -4.59. The number of carbonyl (C=O) groups excluding carboxylic acids is 1. The lowest BCUT2D eigenvalue weighted by molar-refractivity contribution is 0.102. The summed E-state index contributed by atoms with van der Waals surface area (Å²) < 4.78 is 9.89. The fraction of sp³-hybridized carbons (Fsp3) is 0.148. The second-order valence-electron chi connectivity index (χ2n) is 8.55. The number of carbonyl (C=O) groups is 1. The molecule has 8 nitrogen and oxygen atoms in total. The molecule has 0 radical (unpaired) electrons. The van der Waals surface area contributed by atoms with Gasteiger partial charge in [-0.1, -0.05) is 18.2 Å². The average molecular weight is 467 g/mol. The molecular formula is C27H26N6O2. The van der Waals surface area contributed by atoms with Crippen molar-refractivity contribution >= 4 is 28.3 Å². The van der Waals surface area contributed by atoms with E-state index in [1.165, 1.54) is 0 Å². The van der Waals surface area contributed by atoms with Crippen LogP contribution in [0.4, 0.5) is 11.5 Å². The second kappa shape index (κ2) is 8.98. The number of fused-ring (bicyclic) bond motifs is 1. The molecule has 2 aromatic carbocycles. The zero-order chi connectivity index (χ0) is 24.5. The van der Waals surface area contributed by atoms with Gasteiger partial charge in [-0.25, -0.2) is 4.98 Å². The van der Waals surface area contributed by atoms with Gasteiger partial charge in [-0.2, -0.15) is 5.10 Å². The summed E-state index contributed by atoms with van der Waals surface area (Å²) in [6, 6.07) is 17.2. The van der Waals surface area contributed by atoms with Gasteiger partial charge in [0.2, 0.25) is 0 Å². The van der Waals surface area contributed by atoms with E-state index >= 15 is 0 Å². The molecule has 3 heterocycles. The summed E-state index contributed by atoms with van der Waals surface area (Å²) in [4.78, 5) is 17.2. The fourth-order valence-electron chi connectivity index (χ4n) is 4.01. The maximum absolute atomic E-state index is 12.9. The Balaban J connectivity index is 1.33. The van der Waals surface area contributed by atoms with E-state index in [0.717, 1.165) is 27.6 Å². The molecule has 1 atom stereocenters. The molecule has 0 fully saturated rings. The van der Waals surface area contributed by atoms with Gasteiger partial charge in [0.25, 0.3) is 5.91 Å². The number of nitrogen functional groups attached to an aromatic ring is 1. The standard InChI is InChI=1S/C27H26N6O2/c1-17(35-25-13-21(14-29-26(25)28)22-15-30-33(3)16-22)19-5-4-6-23(11-19)31-27(34)20-8-7-18-9-10-32(2)24(18)12-20/h4-17H,1-3H3,(H2,28,29)(H,31,34). The molecule has 35 heavy (non-hydrogen) atoms. The van der Waals surface area contributed by atoms with Crippen molar-refractivity contribution < 1.29 is 9.53 Å². The minimum absolute atomic E-state index is 0.170. The molecule has 3 N–H and O–H groups in total. The third-order valence-electron chi connectivity index (χ3n) is 5.99. The van der Waals surface area contributed by atoms with E-state index in [0.29, 0.717) is 22.8 Å². The first-order valence-corrected chi connectivity index (χ1v) is 11.2. The van der Waals surface area contributed by atoms with Gasteiger partial charge in [0.15, 0.2) is 11.6 Å². The second-order valence-corrected chi connectivity index (χ2v) is 8.55. The van der Waals surface area contributed by atoms with E-state index < -0.39 is 0 Å². The maximum Gasteiger partial charge on any atom is 0.255 e. The van der Waals surface area contributed by atoms with E-state index in [-0.39, 0.29) is 12.0 Å². The molecule has 0 bridgehead atoms. The zero-order valence-corrected chi connectivity index (χ0v) is 19.8. The topological polar surface area (TPSA) is 100.0 Å². The number of nitrogens with zero attached hydrogens (tertiary/aromatic N) is 4. The van der Waals surface area contributed by atoms with Crippen molar-refractivity contribution in [2.75, 3.05) is 11.1 Å². The Morgan fingerprint density at radius 1 is 1.06 bits per heavy atom. The Kier molecular flexibility index (Phi) is 5.70. The van der Waals surface area contributed by atoms with Gasteiger partial charge in [-0.15, -0.1) is 0 Å². The number of nitrogens with one attached hydrogen (secondary N) is 1. The summed E-state index contributed by atoms with van der Waals surface area (Å²) in [7, 11) is 3.82. The van der Waals surface area contributed by atoms with Crippen molar-refractivity contribution in [1.29, 1.82) is 0 Å². The third kappa shape index (κ3) is 4.59. The van der Waals surface area contributed by atoms with Gasteiger partial charge in [-0.05, 0) is 54.3 Å². The average Bonchev–Trinajstić information content (AvgIpc) is 3.46. The summed E-state index contributed by atoms with van der Waals surface area (Å²) in [5, 5.41) is 8.29. The summed E-state index contributed by atoms with van der Waals surface area (Å²) in [5.74, 6) is 0.630. The van der Waals surface area contributed by atoms with E-state index in [2.05, 4.69) is 15.4 Å². The summed E-state index contributed by atoms with van der Waals surface area (Å²) in [6.45, 7) is 1.93. The first-order chi connectivity index (χ1) is 16.9. The molecule has 8 heteroatoms. The van der Waals surface area contributed by atoms with Gasteiger partial charge in [0.05, 0.1) is 6.20 Å². The van der Waals surface area contributed by atoms with Crippen LogP contribution in [-0.2, 0) is 14.1 Å². The number of aryl methyl sites for hydroxylation is 2. The van der Waals surface area contributed by atoms with Crippen molar-refractivity contribution in [3.8, 4) is 16.9 Å². The van der Waals surface area contributed by atoms with Crippen LogP contribution in [0.3, 0.4) is 0 Å². The number of aromatic nitrogens is 4. The molecular weight excluding hydrogens is 440 g/mol. The van der Waals surface area contributed by atoms with Crippen LogP contribution in [0.25, 0.3) is 22.0 Å². The highest BCUT2D eigenvalue weighted by atomic mass is 16.5. The number of hydrogen-bond acceptors (Lipinski definition) is 5. The molecule has 1 unspecified atom stereocenters. The van der Waals surface area contributed by atoms with Crippen molar-refractivity contribution in [3.05, 3.63) is 90.5 Å². The fourth-order valence-corrected chi connectivity index (χ4v) is 4.01. The number of pyridine rings is 1. The highest BCUT2D eigenvalue weighted by Gasteiger charge is 2.14. The van der Waals surface area contributed by atoms with E-state index in [1.807, 2.05) is 92.6 Å². The molecule has 5 aromatic rings. The lowest BCUT2D eigenvalue weighted by Gasteiger charge is -2.17. The predicted molar refractivity (Wildman–Crippen MR) is 137 cm³/mol. The minimum Gasteiger partial charge on any atom is -0.482 e. The molecule has 0 aliphatic rings. The largest absolute Gasteiger partial charge is 0.482 e. The van der Waals surface area contributed by atoms with Crippen LogP contribution in [-0.4, -0.2) is 25.2 Å². The van der Waals surface area contributed by atoms with E-state index in [9.17, 15) is 4.79 Å². The molecule has 176 valence electrons. The van der Waals surface area contributed by atoms with Crippen molar-refractivity contribution in [3.63, 3.8) is 0 Å². The smallest absolute Gasteiger partial charge is 0.255 e. The van der Waals surface area contributed by atoms with Gasteiger partial charge >= 0.3 is 0 Å². The van der Waals surface area contributed by atoms with Crippen LogP contribution >= 0.6 is 0 Å². The SMILES string of the molecule is CC(Oc1cc(-c2cnn(C)c2)cnc1N)c1cccc(NC(=O)c2ccc3ccn(C)c3c2)c1. The predicted octanol–water partition coefficient (Wildman–Crippen LogP) is 4.95. The van der Waals surface area contributed by atoms with Crippen molar-refractivity contribution in [1.82, 2.24) is 19.3 Å². The molecule has 3 aromatic heterocycles. The lowest BCUT2D eigenvalue weighted by atomic mass is 10.1.